The summed E-state index contributed by atoms with van der Waals surface area (Å²) < 4.78 is 11.6. The molecule has 0 aromatic heterocycles. The first-order chi connectivity index (χ1) is 9.83. The van der Waals surface area contributed by atoms with E-state index in [4.69, 9.17) is 9.47 Å². The van der Waals surface area contributed by atoms with Gasteiger partial charge in [0.1, 0.15) is 5.75 Å². The van der Waals surface area contributed by atoms with Crippen LogP contribution in [-0.2, 0) is 6.54 Å². The lowest BCUT2D eigenvalue weighted by molar-refractivity contribution is 0.302. The molecule has 0 radical (unpaired) electrons. The van der Waals surface area contributed by atoms with E-state index in [1.54, 1.807) is 0 Å². The van der Waals surface area contributed by atoms with Crippen LogP contribution in [-0.4, -0.2) is 13.7 Å². The summed E-state index contributed by atoms with van der Waals surface area (Å²) in [7, 11) is 1.94. The number of nitrogens with one attached hydrogen (secondary N) is 1. The van der Waals surface area contributed by atoms with E-state index in [0.29, 0.717) is 6.61 Å². The van der Waals surface area contributed by atoms with Crippen LogP contribution in [0.3, 0.4) is 0 Å². The minimum Gasteiger partial charge on any atom is -0.490 e. The summed E-state index contributed by atoms with van der Waals surface area (Å²) in [6, 6.07) is 15.8. The van der Waals surface area contributed by atoms with Gasteiger partial charge in [0.05, 0.1) is 6.61 Å². The van der Waals surface area contributed by atoms with Gasteiger partial charge in [-0.15, -0.1) is 0 Å². The molecule has 0 fully saturated rings. The Hall–Kier alpha value is -2.00. The molecule has 0 saturated heterocycles. The summed E-state index contributed by atoms with van der Waals surface area (Å²) in [5, 5.41) is 3.12. The van der Waals surface area contributed by atoms with Crippen molar-refractivity contribution in [3.8, 4) is 17.2 Å². The zero-order valence-electron chi connectivity index (χ0n) is 12.1. The van der Waals surface area contributed by atoms with Crippen molar-refractivity contribution < 1.29 is 9.47 Å². The lowest BCUT2D eigenvalue weighted by Crippen LogP contribution is -2.04. The van der Waals surface area contributed by atoms with Gasteiger partial charge in [-0.1, -0.05) is 31.2 Å². The molecule has 0 amide bonds. The van der Waals surface area contributed by atoms with Gasteiger partial charge in [0.25, 0.3) is 0 Å². The van der Waals surface area contributed by atoms with Gasteiger partial charge >= 0.3 is 0 Å². The Labute approximate surface area is 120 Å². The molecule has 2 aromatic rings. The zero-order valence-corrected chi connectivity index (χ0v) is 12.1. The zero-order chi connectivity index (χ0) is 14.2. The fraction of sp³-hybridized carbons (Fsp3) is 0.294. The van der Waals surface area contributed by atoms with Crippen LogP contribution < -0.4 is 14.8 Å². The van der Waals surface area contributed by atoms with E-state index in [0.717, 1.165) is 30.2 Å². The second-order valence-corrected chi connectivity index (χ2v) is 4.57. The SMILES string of the molecule is CCCOc1ccccc1Oc1ccc(CNC)cc1. The van der Waals surface area contributed by atoms with E-state index in [1.165, 1.54) is 5.56 Å². The molecule has 0 bridgehead atoms. The summed E-state index contributed by atoms with van der Waals surface area (Å²) in [5.41, 5.74) is 1.23. The van der Waals surface area contributed by atoms with Gasteiger partial charge in [0.15, 0.2) is 11.5 Å². The molecule has 0 atom stereocenters. The number of benzene rings is 2. The fourth-order valence-corrected chi connectivity index (χ4v) is 1.87. The van der Waals surface area contributed by atoms with E-state index in [1.807, 2.05) is 43.4 Å². The minimum absolute atomic E-state index is 0.696. The average Bonchev–Trinajstić information content (AvgIpc) is 2.49. The van der Waals surface area contributed by atoms with Gasteiger partial charge in [-0.2, -0.15) is 0 Å². The van der Waals surface area contributed by atoms with Gasteiger partial charge < -0.3 is 14.8 Å². The Bertz CT molecular complexity index is 523. The smallest absolute Gasteiger partial charge is 0.169 e. The Morgan fingerprint density at radius 2 is 1.65 bits per heavy atom. The molecule has 3 heteroatoms. The number of ether oxygens (including phenoxy) is 2. The van der Waals surface area contributed by atoms with E-state index in [-0.39, 0.29) is 0 Å². The third-order valence-corrected chi connectivity index (χ3v) is 2.84. The third-order valence-electron chi connectivity index (χ3n) is 2.84. The molecule has 106 valence electrons. The monoisotopic (exact) mass is 271 g/mol. The second kappa shape index (κ2) is 7.56. The van der Waals surface area contributed by atoms with Crippen molar-refractivity contribution in [2.24, 2.45) is 0 Å². The highest BCUT2D eigenvalue weighted by molar-refractivity contribution is 5.43. The van der Waals surface area contributed by atoms with E-state index in [9.17, 15) is 0 Å². The molecule has 0 saturated carbocycles. The minimum atomic E-state index is 0.696. The van der Waals surface area contributed by atoms with E-state index >= 15 is 0 Å². The van der Waals surface area contributed by atoms with Crippen molar-refractivity contribution in [1.82, 2.24) is 5.32 Å². The van der Waals surface area contributed by atoms with Crippen LogP contribution in [0, 0.1) is 0 Å². The van der Waals surface area contributed by atoms with Crippen LogP contribution in [0.5, 0.6) is 17.2 Å². The Balaban J connectivity index is 2.08. The normalized spacial score (nSPS) is 10.3. The van der Waals surface area contributed by atoms with Crippen molar-refractivity contribution in [2.75, 3.05) is 13.7 Å². The Kier molecular flexibility index (Phi) is 5.44. The Morgan fingerprint density at radius 3 is 2.30 bits per heavy atom. The number of para-hydroxylation sites is 2. The quantitative estimate of drug-likeness (QED) is 0.826. The highest BCUT2D eigenvalue weighted by Crippen LogP contribution is 2.31. The summed E-state index contributed by atoms with van der Waals surface area (Å²) in [6.45, 7) is 3.64. The van der Waals surface area contributed by atoms with Gasteiger partial charge in [-0.3, -0.25) is 0 Å². The molecule has 2 rings (SSSR count). The molecule has 3 nitrogen and oxygen atoms in total. The maximum atomic E-state index is 5.89. The first-order valence-electron chi connectivity index (χ1n) is 6.96. The first kappa shape index (κ1) is 14.4. The van der Waals surface area contributed by atoms with Crippen molar-refractivity contribution in [1.29, 1.82) is 0 Å². The number of rotatable bonds is 7. The van der Waals surface area contributed by atoms with Crippen molar-refractivity contribution >= 4 is 0 Å². The molecule has 0 aliphatic carbocycles. The van der Waals surface area contributed by atoms with Gasteiger partial charge in [-0.05, 0) is 43.3 Å². The largest absolute Gasteiger partial charge is 0.490 e. The summed E-state index contributed by atoms with van der Waals surface area (Å²) in [6.07, 6.45) is 0.979. The predicted octanol–water partition coefficient (Wildman–Crippen LogP) is 3.99. The van der Waals surface area contributed by atoms with E-state index in [2.05, 4.69) is 24.4 Å². The first-order valence-corrected chi connectivity index (χ1v) is 6.96. The maximum Gasteiger partial charge on any atom is 0.169 e. The summed E-state index contributed by atoms with van der Waals surface area (Å²) in [4.78, 5) is 0. The van der Waals surface area contributed by atoms with Gasteiger partial charge in [0.2, 0.25) is 0 Å². The van der Waals surface area contributed by atoms with Gasteiger partial charge in [0, 0.05) is 6.54 Å². The highest BCUT2D eigenvalue weighted by atomic mass is 16.5. The average molecular weight is 271 g/mol. The van der Waals surface area contributed by atoms with Crippen LogP contribution in [0.15, 0.2) is 48.5 Å². The van der Waals surface area contributed by atoms with Crippen LogP contribution in [0.4, 0.5) is 0 Å². The molecule has 0 unspecified atom stereocenters. The van der Waals surface area contributed by atoms with Crippen molar-refractivity contribution in [3.05, 3.63) is 54.1 Å². The molecule has 20 heavy (non-hydrogen) atoms. The van der Waals surface area contributed by atoms with Gasteiger partial charge in [-0.25, -0.2) is 0 Å². The molecule has 0 aliphatic heterocycles. The molecular weight excluding hydrogens is 250 g/mol. The lowest BCUT2D eigenvalue weighted by Gasteiger charge is -2.12. The molecule has 0 spiro atoms. The number of hydrogen-bond donors (Lipinski definition) is 1. The topological polar surface area (TPSA) is 30.5 Å². The van der Waals surface area contributed by atoms with Crippen LogP contribution in [0.1, 0.15) is 18.9 Å². The van der Waals surface area contributed by atoms with Crippen molar-refractivity contribution in [3.63, 3.8) is 0 Å². The summed E-state index contributed by atoms with van der Waals surface area (Å²) in [5.74, 6) is 2.35. The molecular formula is C17H21NO2. The predicted molar refractivity (Wildman–Crippen MR) is 81.5 cm³/mol. The van der Waals surface area contributed by atoms with Crippen LogP contribution >= 0.6 is 0 Å². The summed E-state index contributed by atoms with van der Waals surface area (Å²) >= 11 is 0. The number of hydrogen-bond acceptors (Lipinski definition) is 3. The van der Waals surface area contributed by atoms with Crippen molar-refractivity contribution in [2.45, 2.75) is 19.9 Å². The Morgan fingerprint density at radius 1 is 0.950 bits per heavy atom. The highest BCUT2D eigenvalue weighted by Gasteiger charge is 2.05. The molecule has 0 aliphatic rings. The van der Waals surface area contributed by atoms with E-state index < -0.39 is 0 Å². The molecule has 0 heterocycles. The fourth-order valence-electron chi connectivity index (χ4n) is 1.87. The van der Waals surface area contributed by atoms with Crippen LogP contribution in [0.25, 0.3) is 0 Å². The second-order valence-electron chi connectivity index (χ2n) is 4.57. The lowest BCUT2D eigenvalue weighted by atomic mass is 10.2. The standard InChI is InChI=1S/C17H21NO2/c1-3-12-19-16-6-4-5-7-17(16)20-15-10-8-14(9-11-15)13-18-2/h4-11,18H,3,12-13H2,1-2H3. The third kappa shape index (κ3) is 4.00. The molecule has 2 aromatic carbocycles. The maximum absolute atomic E-state index is 5.89. The van der Waals surface area contributed by atoms with Crippen LogP contribution in [0.2, 0.25) is 0 Å². The molecule has 1 N–H and O–H groups in total.